The normalized spacial score (nSPS) is 36.2. The third kappa shape index (κ3) is 2.52. The molecule has 1 aromatic carbocycles. The van der Waals surface area contributed by atoms with Gasteiger partial charge in [0, 0.05) is 5.41 Å². The molecule has 4 rings (SSSR count). The summed E-state index contributed by atoms with van der Waals surface area (Å²) in [6.45, 7) is 4.40. The van der Waals surface area contributed by atoms with Crippen LogP contribution in [0, 0.1) is 17.3 Å². The monoisotopic (exact) mass is 343 g/mol. The lowest BCUT2D eigenvalue weighted by atomic mass is 9.55. The lowest BCUT2D eigenvalue weighted by Gasteiger charge is -2.50. The van der Waals surface area contributed by atoms with Crippen molar-refractivity contribution in [3.05, 3.63) is 28.8 Å². The van der Waals surface area contributed by atoms with E-state index in [2.05, 4.69) is 19.9 Å². The number of carbonyl (C=O) groups is 1. The van der Waals surface area contributed by atoms with Crippen LogP contribution in [0.3, 0.4) is 0 Å². The first-order chi connectivity index (χ1) is 11.9. The molecule has 4 heteroatoms. The minimum Gasteiger partial charge on any atom is -0.508 e. The molecule has 2 fully saturated rings. The average Bonchev–Trinajstić information content (AvgIpc) is 2.90. The molecule has 0 aromatic heterocycles. The van der Waals surface area contributed by atoms with E-state index in [0.717, 1.165) is 44.1 Å². The van der Waals surface area contributed by atoms with E-state index in [1.165, 1.54) is 17.5 Å². The van der Waals surface area contributed by atoms with E-state index >= 15 is 0 Å². The van der Waals surface area contributed by atoms with Crippen molar-refractivity contribution >= 4 is 6.09 Å². The molecule has 0 unspecified atom stereocenters. The Kier molecular flexibility index (Phi) is 3.97. The molecule has 3 aliphatic carbocycles. The van der Waals surface area contributed by atoms with Crippen molar-refractivity contribution in [3.63, 3.8) is 0 Å². The molecule has 5 atom stereocenters. The van der Waals surface area contributed by atoms with Gasteiger partial charge in [-0.15, -0.1) is 0 Å². The number of rotatable bonds is 2. The second-order valence-electron chi connectivity index (χ2n) is 8.50. The number of aryl methyl sites for hydroxylation is 2. The zero-order chi connectivity index (χ0) is 17.8. The SMILES string of the molecule is CCc1cc2c(cc1O)CC[C@@H]1[C@@H]2CC[C@]2(C)[C@@H](OC(N)=O)CC[C@@H]12. The van der Waals surface area contributed by atoms with Crippen LogP contribution < -0.4 is 5.73 Å². The van der Waals surface area contributed by atoms with Crippen molar-refractivity contribution in [2.75, 3.05) is 0 Å². The third-order valence-electron chi connectivity index (χ3n) is 7.48. The maximum Gasteiger partial charge on any atom is 0.404 e. The van der Waals surface area contributed by atoms with Gasteiger partial charge in [-0.2, -0.15) is 0 Å². The number of primary amides is 1. The van der Waals surface area contributed by atoms with Gasteiger partial charge in [0.25, 0.3) is 0 Å². The standard InChI is InChI=1S/C21H29NO3/c1-3-12-10-16-13(11-18(12)23)4-5-15-14(16)8-9-21(2)17(15)6-7-19(21)25-20(22)24/h10-11,14-15,17,19,23H,3-9H2,1-2H3,(H2,22,24)/t14-,15+,17-,19-,21-/m0/s1. The van der Waals surface area contributed by atoms with E-state index in [-0.39, 0.29) is 11.5 Å². The summed E-state index contributed by atoms with van der Waals surface area (Å²) in [6.07, 6.45) is 6.71. The molecule has 2 saturated carbocycles. The topological polar surface area (TPSA) is 72.6 Å². The molecule has 0 aliphatic heterocycles. The summed E-state index contributed by atoms with van der Waals surface area (Å²) in [5, 5.41) is 10.2. The summed E-state index contributed by atoms with van der Waals surface area (Å²) in [7, 11) is 0. The number of fused-ring (bicyclic) bond motifs is 5. The van der Waals surface area contributed by atoms with Gasteiger partial charge in [0.2, 0.25) is 0 Å². The minimum atomic E-state index is -0.633. The Balaban J connectivity index is 1.65. The predicted molar refractivity (Wildman–Crippen MR) is 96.6 cm³/mol. The number of benzene rings is 1. The summed E-state index contributed by atoms with van der Waals surface area (Å²) < 4.78 is 5.49. The highest BCUT2D eigenvalue weighted by molar-refractivity contribution is 5.65. The molecule has 3 aliphatic rings. The van der Waals surface area contributed by atoms with Crippen LogP contribution in [-0.4, -0.2) is 17.3 Å². The van der Waals surface area contributed by atoms with E-state index in [9.17, 15) is 9.90 Å². The lowest BCUT2D eigenvalue weighted by Crippen LogP contribution is -2.45. The minimum absolute atomic E-state index is 0.0247. The van der Waals surface area contributed by atoms with Gasteiger partial charge < -0.3 is 15.6 Å². The van der Waals surface area contributed by atoms with Crippen LogP contribution in [0.4, 0.5) is 4.79 Å². The highest BCUT2D eigenvalue weighted by Gasteiger charge is 2.56. The second-order valence-corrected chi connectivity index (χ2v) is 8.50. The first-order valence-corrected chi connectivity index (χ1v) is 9.74. The summed E-state index contributed by atoms with van der Waals surface area (Å²) in [4.78, 5) is 11.3. The quantitative estimate of drug-likeness (QED) is 0.842. The van der Waals surface area contributed by atoms with Gasteiger partial charge in [-0.1, -0.05) is 19.9 Å². The Hall–Kier alpha value is -1.71. The number of hydrogen-bond acceptors (Lipinski definition) is 3. The number of hydrogen-bond donors (Lipinski definition) is 2. The van der Waals surface area contributed by atoms with Gasteiger partial charge in [0.1, 0.15) is 11.9 Å². The van der Waals surface area contributed by atoms with Crippen LogP contribution in [0.25, 0.3) is 0 Å². The lowest BCUT2D eigenvalue weighted by molar-refractivity contribution is -0.0291. The van der Waals surface area contributed by atoms with E-state index in [1.54, 1.807) is 0 Å². The maximum atomic E-state index is 11.3. The van der Waals surface area contributed by atoms with Crippen molar-refractivity contribution < 1.29 is 14.6 Å². The fourth-order valence-electron chi connectivity index (χ4n) is 6.22. The predicted octanol–water partition coefficient (Wildman–Crippen LogP) is 4.27. The molecule has 0 bridgehead atoms. The molecule has 136 valence electrons. The van der Waals surface area contributed by atoms with Crippen molar-refractivity contribution in [2.24, 2.45) is 23.0 Å². The molecule has 3 N–H and O–H groups in total. The zero-order valence-corrected chi connectivity index (χ0v) is 15.3. The first kappa shape index (κ1) is 16.7. The Morgan fingerprint density at radius 1 is 1.32 bits per heavy atom. The van der Waals surface area contributed by atoms with Gasteiger partial charge in [-0.3, -0.25) is 0 Å². The fourth-order valence-corrected chi connectivity index (χ4v) is 6.22. The number of nitrogens with two attached hydrogens (primary N) is 1. The fraction of sp³-hybridized carbons (Fsp3) is 0.667. The summed E-state index contributed by atoms with van der Waals surface area (Å²) >= 11 is 0. The number of ether oxygens (including phenoxy) is 1. The van der Waals surface area contributed by atoms with Crippen LogP contribution in [0.5, 0.6) is 5.75 Å². The summed E-state index contributed by atoms with van der Waals surface area (Å²) in [5.74, 6) is 2.29. The van der Waals surface area contributed by atoms with Gasteiger partial charge in [0.15, 0.2) is 0 Å². The summed E-state index contributed by atoms with van der Waals surface area (Å²) in [5.41, 5.74) is 9.24. The Labute approximate surface area is 149 Å². The number of aromatic hydroxyl groups is 1. The average molecular weight is 343 g/mol. The molecule has 0 heterocycles. The van der Waals surface area contributed by atoms with E-state index < -0.39 is 6.09 Å². The van der Waals surface area contributed by atoms with Crippen LogP contribution in [0.1, 0.15) is 68.6 Å². The van der Waals surface area contributed by atoms with Crippen molar-refractivity contribution in [3.8, 4) is 5.75 Å². The van der Waals surface area contributed by atoms with Gasteiger partial charge in [-0.25, -0.2) is 4.79 Å². The molecule has 25 heavy (non-hydrogen) atoms. The van der Waals surface area contributed by atoms with Gasteiger partial charge >= 0.3 is 6.09 Å². The third-order valence-corrected chi connectivity index (χ3v) is 7.48. The van der Waals surface area contributed by atoms with Gasteiger partial charge in [0.05, 0.1) is 0 Å². The van der Waals surface area contributed by atoms with Crippen molar-refractivity contribution in [2.45, 2.75) is 70.8 Å². The maximum absolute atomic E-state index is 11.3. The zero-order valence-electron chi connectivity index (χ0n) is 15.3. The van der Waals surface area contributed by atoms with Crippen molar-refractivity contribution in [1.82, 2.24) is 0 Å². The molecule has 0 saturated heterocycles. The Morgan fingerprint density at radius 2 is 2.12 bits per heavy atom. The van der Waals surface area contributed by atoms with Crippen LogP contribution in [0.2, 0.25) is 0 Å². The smallest absolute Gasteiger partial charge is 0.404 e. The number of phenolic OH excluding ortho intramolecular Hbond substituents is 1. The first-order valence-electron chi connectivity index (χ1n) is 9.74. The van der Waals surface area contributed by atoms with Gasteiger partial charge in [-0.05, 0) is 85.5 Å². The number of amides is 1. The number of phenols is 1. The van der Waals surface area contributed by atoms with E-state index in [0.29, 0.717) is 23.5 Å². The van der Waals surface area contributed by atoms with E-state index in [4.69, 9.17) is 10.5 Å². The molecule has 0 spiro atoms. The molecular weight excluding hydrogens is 314 g/mol. The largest absolute Gasteiger partial charge is 0.508 e. The Bertz CT molecular complexity index is 701. The van der Waals surface area contributed by atoms with Crippen LogP contribution in [-0.2, 0) is 17.6 Å². The second kappa shape index (κ2) is 5.93. The molecular formula is C21H29NO3. The Morgan fingerprint density at radius 3 is 2.84 bits per heavy atom. The molecule has 0 radical (unpaired) electrons. The van der Waals surface area contributed by atoms with Crippen LogP contribution >= 0.6 is 0 Å². The van der Waals surface area contributed by atoms with Crippen LogP contribution in [0.15, 0.2) is 12.1 Å². The van der Waals surface area contributed by atoms with E-state index in [1.807, 2.05) is 6.07 Å². The number of carbonyl (C=O) groups excluding carboxylic acids is 1. The highest BCUT2D eigenvalue weighted by Crippen LogP contribution is 2.61. The van der Waals surface area contributed by atoms with Crippen molar-refractivity contribution in [1.29, 1.82) is 0 Å². The highest BCUT2D eigenvalue weighted by atomic mass is 16.6. The molecule has 4 nitrogen and oxygen atoms in total. The summed E-state index contributed by atoms with van der Waals surface area (Å²) in [6, 6.07) is 4.27. The molecule has 1 aromatic rings. The molecule has 1 amide bonds.